The molecule has 0 bridgehead atoms. The van der Waals surface area contributed by atoms with Crippen LogP contribution in [0.25, 0.3) is 0 Å². The van der Waals surface area contributed by atoms with Gasteiger partial charge in [0, 0.05) is 6.42 Å². The van der Waals surface area contributed by atoms with Gasteiger partial charge in [-0.3, -0.25) is 0 Å². The maximum absolute atomic E-state index is 3.20. The van der Waals surface area contributed by atoms with Gasteiger partial charge >= 0.3 is 0 Å². The molecule has 0 fully saturated rings. The van der Waals surface area contributed by atoms with Crippen LogP contribution in [-0.2, 0) is 0 Å². The third-order valence-electron chi connectivity index (χ3n) is 0.963. The second kappa shape index (κ2) is 5.05. The molecule has 0 nitrogen and oxygen atoms in total. The van der Waals surface area contributed by atoms with Gasteiger partial charge in [0.2, 0.25) is 0 Å². The molecule has 0 aromatic rings. The Labute approximate surface area is 71.4 Å². The van der Waals surface area contributed by atoms with Crippen LogP contribution in [0.4, 0.5) is 0 Å². The van der Waals surface area contributed by atoms with Gasteiger partial charge in [0.25, 0.3) is 0 Å². The molecule has 0 aromatic heterocycles. The van der Waals surface area contributed by atoms with Crippen molar-refractivity contribution in [3.63, 3.8) is 0 Å². The minimum absolute atomic E-state index is 0.973. The van der Waals surface area contributed by atoms with Crippen LogP contribution in [0.2, 0.25) is 19.6 Å². The van der Waals surface area contributed by atoms with Crippen LogP contribution in [0, 0.1) is 23.3 Å². The predicted molar refractivity (Wildman–Crippen MR) is 53.8 cm³/mol. The lowest BCUT2D eigenvalue weighted by molar-refractivity contribution is 0.983. The average molecular weight is 164 g/mol. The maximum atomic E-state index is 3.20. The van der Waals surface area contributed by atoms with E-state index < -0.39 is 8.07 Å². The molecule has 0 saturated carbocycles. The highest BCUT2D eigenvalue weighted by Gasteiger charge is 2.06. The van der Waals surface area contributed by atoms with Gasteiger partial charge in [0.1, 0.15) is 8.07 Å². The summed E-state index contributed by atoms with van der Waals surface area (Å²) in [6, 6.07) is 0. The van der Waals surface area contributed by atoms with E-state index in [2.05, 4.69) is 49.9 Å². The first-order valence-electron chi connectivity index (χ1n) is 4.06. The largest absolute Gasteiger partial charge is 0.130 e. The quantitative estimate of drug-likeness (QED) is 0.413. The van der Waals surface area contributed by atoms with Crippen LogP contribution in [0.1, 0.15) is 19.8 Å². The van der Waals surface area contributed by atoms with Crippen molar-refractivity contribution in [2.24, 2.45) is 0 Å². The molecule has 0 amide bonds. The number of rotatable bonds is 1. The first-order chi connectivity index (χ1) is 5.06. The molecule has 0 aliphatic heterocycles. The maximum Gasteiger partial charge on any atom is 0.130 e. The van der Waals surface area contributed by atoms with Gasteiger partial charge in [0.15, 0.2) is 0 Å². The summed E-state index contributed by atoms with van der Waals surface area (Å²) in [5, 5.41) is 0. The SMILES string of the molecule is CCCC#CC#C[Si](C)(C)C. The van der Waals surface area contributed by atoms with Crippen molar-refractivity contribution in [1.29, 1.82) is 0 Å². The summed E-state index contributed by atoms with van der Waals surface area (Å²) in [7, 11) is -1.18. The molecule has 0 radical (unpaired) electrons. The molecule has 11 heavy (non-hydrogen) atoms. The van der Waals surface area contributed by atoms with E-state index >= 15 is 0 Å². The van der Waals surface area contributed by atoms with Crippen LogP contribution in [0.3, 0.4) is 0 Å². The highest BCUT2D eigenvalue weighted by Crippen LogP contribution is 1.95. The first-order valence-corrected chi connectivity index (χ1v) is 7.56. The molecule has 0 heterocycles. The molecule has 0 unspecified atom stereocenters. The van der Waals surface area contributed by atoms with Crippen LogP contribution in [0.15, 0.2) is 0 Å². The highest BCUT2D eigenvalue weighted by atomic mass is 28.3. The molecular formula is C10H16Si. The molecule has 0 rings (SSSR count). The van der Waals surface area contributed by atoms with Crippen LogP contribution >= 0.6 is 0 Å². The third kappa shape index (κ3) is 9.34. The normalized spacial score (nSPS) is 9.09. The van der Waals surface area contributed by atoms with Crippen LogP contribution in [0.5, 0.6) is 0 Å². The van der Waals surface area contributed by atoms with Crippen molar-refractivity contribution in [1.82, 2.24) is 0 Å². The van der Waals surface area contributed by atoms with E-state index in [-0.39, 0.29) is 0 Å². The lowest BCUT2D eigenvalue weighted by Crippen LogP contribution is -2.16. The van der Waals surface area contributed by atoms with Gasteiger partial charge in [-0.1, -0.05) is 32.5 Å². The zero-order valence-electron chi connectivity index (χ0n) is 7.91. The zero-order valence-corrected chi connectivity index (χ0v) is 8.91. The van der Waals surface area contributed by atoms with E-state index in [4.69, 9.17) is 0 Å². The molecule has 0 N–H and O–H groups in total. The second-order valence-electron chi connectivity index (χ2n) is 3.55. The van der Waals surface area contributed by atoms with Gasteiger partial charge in [0.05, 0.1) is 0 Å². The van der Waals surface area contributed by atoms with Gasteiger partial charge in [-0.15, -0.1) is 5.54 Å². The Morgan fingerprint density at radius 2 is 1.73 bits per heavy atom. The fraction of sp³-hybridized carbons (Fsp3) is 0.600. The summed E-state index contributed by atoms with van der Waals surface area (Å²) in [4.78, 5) is 0. The van der Waals surface area contributed by atoms with Crippen LogP contribution in [-0.4, -0.2) is 8.07 Å². The summed E-state index contributed by atoms with van der Waals surface area (Å²) in [6.07, 6.45) is 2.10. The van der Waals surface area contributed by atoms with E-state index in [9.17, 15) is 0 Å². The smallest absolute Gasteiger partial charge is 0.118 e. The second-order valence-corrected chi connectivity index (χ2v) is 8.30. The van der Waals surface area contributed by atoms with Gasteiger partial charge in [-0.05, 0) is 18.3 Å². The fourth-order valence-corrected chi connectivity index (χ4v) is 0.888. The van der Waals surface area contributed by atoms with Gasteiger partial charge in [-0.25, -0.2) is 0 Å². The average Bonchev–Trinajstić information content (AvgIpc) is 1.85. The Morgan fingerprint density at radius 3 is 2.18 bits per heavy atom. The van der Waals surface area contributed by atoms with Gasteiger partial charge < -0.3 is 0 Å². The van der Waals surface area contributed by atoms with Crippen LogP contribution < -0.4 is 0 Å². The minimum atomic E-state index is -1.18. The number of unbranched alkanes of at least 4 members (excludes halogenated alkanes) is 1. The van der Waals surface area contributed by atoms with Gasteiger partial charge in [-0.2, -0.15) is 0 Å². The fourth-order valence-electron chi connectivity index (χ4n) is 0.450. The van der Waals surface area contributed by atoms with Crippen molar-refractivity contribution in [3.05, 3.63) is 0 Å². The Balaban J connectivity index is 3.84. The Kier molecular flexibility index (Phi) is 4.74. The predicted octanol–water partition coefficient (Wildman–Crippen LogP) is 2.67. The van der Waals surface area contributed by atoms with E-state index in [0.29, 0.717) is 0 Å². The summed E-state index contributed by atoms with van der Waals surface area (Å²) >= 11 is 0. The van der Waals surface area contributed by atoms with Crippen molar-refractivity contribution in [2.45, 2.75) is 39.4 Å². The lowest BCUT2D eigenvalue weighted by atomic mass is 10.3. The lowest BCUT2D eigenvalue weighted by Gasteiger charge is -2.01. The Morgan fingerprint density at radius 1 is 1.09 bits per heavy atom. The molecule has 0 atom stereocenters. The molecular weight excluding hydrogens is 148 g/mol. The topological polar surface area (TPSA) is 0 Å². The molecule has 0 aromatic carbocycles. The molecule has 0 aliphatic carbocycles. The molecule has 0 saturated heterocycles. The standard InChI is InChI=1S/C10H16Si/c1-5-6-7-8-9-10-11(2,3)4/h5-6H2,1-4H3. The van der Waals surface area contributed by atoms with E-state index in [1.54, 1.807) is 0 Å². The minimum Gasteiger partial charge on any atom is -0.118 e. The van der Waals surface area contributed by atoms with Crippen molar-refractivity contribution >= 4 is 8.07 Å². The summed E-state index contributed by atoms with van der Waals surface area (Å²) in [5.41, 5.74) is 3.20. The molecule has 60 valence electrons. The van der Waals surface area contributed by atoms with Crippen molar-refractivity contribution in [3.8, 4) is 23.3 Å². The van der Waals surface area contributed by atoms with E-state index in [0.717, 1.165) is 12.8 Å². The molecule has 1 heteroatoms. The number of hydrogen-bond donors (Lipinski definition) is 0. The van der Waals surface area contributed by atoms with Crippen molar-refractivity contribution in [2.75, 3.05) is 0 Å². The van der Waals surface area contributed by atoms with Crippen molar-refractivity contribution < 1.29 is 0 Å². The first kappa shape index (κ1) is 10.3. The summed E-state index contributed by atoms with van der Waals surface area (Å²) in [5.74, 6) is 8.78. The molecule has 0 aliphatic rings. The van der Waals surface area contributed by atoms with E-state index in [1.807, 2.05) is 0 Å². The zero-order chi connectivity index (χ0) is 8.74. The molecule has 0 spiro atoms. The van der Waals surface area contributed by atoms with E-state index in [1.165, 1.54) is 0 Å². The Bertz CT molecular complexity index is 211. The highest BCUT2D eigenvalue weighted by molar-refractivity contribution is 6.83. The summed E-state index contributed by atoms with van der Waals surface area (Å²) < 4.78 is 0. The Hall–Kier alpha value is -0.663. The third-order valence-corrected chi connectivity index (χ3v) is 1.84. The summed E-state index contributed by atoms with van der Waals surface area (Å²) in [6.45, 7) is 8.80. The monoisotopic (exact) mass is 164 g/mol. The number of hydrogen-bond acceptors (Lipinski definition) is 0.